The Kier molecular flexibility index (Phi) is 26.7. The van der Waals surface area contributed by atoms with Crippen molar-refractivity contribution in [2.75, 3.05) is 110 Å². The third-order valence-electron chi connectivity index (χ3n) is 16.4. The van der Waals surface area contributed by atoms with Gasteiger partial charge in [0.2, 0.25) is 59.5 Å². The zero-order valence-electron chi connectivity index (χ0n) is 50.5. The fourth-order valence-electron chi connectivity index (χ4n) is 11.2. The second-order valence-corrected chi connectivity index (χ2v) is 23.0. The predicted molar refractivity (Wildman–Crippen MR) is 312 cm³/mol. The second kappa shape index (κ2) is 34.0. The summed E-state index contributed by atoms with van der Waals surface area (Å²) in [5.74, 6) is -11.7. The average molecular weight is 1270 g/mol. The smallest absolute Gasteiger partial charge is 0.317 e. The normalized spacial score (nSPS) is 21.2. The Balaban J connectivity index is 0.942. The monoisotopic (exact) mass is 1270 g/mol. The molecule has 5 heterocycles. The zero-order chi connectivity index (χ0) is 65.8. The summed E-state index contributed by atoms with van der Waals surface area (Å²) in [6.45, 7) is 5.21. The second-order valence-electron chi connectivity index (χ2n) is 23.0. The van der Waals surface area contributed by atoms with Crippen molar-refractivity contribution in [1.82, 2.24) is 61.7 Å². The van der Waals surface area contributed by atoms with E-state index in [4.69, 9.17) is 4.74 Å². The van der Waals surface area contributed by atoms with Crippen LogP contribution in [0.15, 0.2) is 18.2 Å². The van der Waals surface area contributed by atoms with Crippen LogP contribution in [0.4, 0.5) is 5.69 Å². The lowest BCUT2D eigenvalue weighted by Crippen LogP contribution is -2.59. The summed E-state index contributed by atoms with van der Waals surface area (Å²) in [6.07, 6.45) is -3.39. The van der Waals surface area contributed by atoms with Crippen LogP contribution in [-0.2, 0) is 84.7 Å². The van der Waals surface area contributed by atoms with E-state index in [1.165, 1.54) is 4.90 Å². The number of carbonyl (C=O) groups excluding carboxylic acids is 10. The highest BCUT2D eigenvalue weighted by Gasteiger charge is 2.46. The molecule has 0 aliphatic carbocycles. The number of esters is 1. The van der Waals surface area contributed by atoms with E-state index < -0.39 is 151 Å². The molecule has 2 unspecified atom stereocenters. The minimum absolute atomic E-state index is 0.0170. The molecule has 8 atom stereocenters. The lowest BCUT2D eigenvalue weighted by Gasteiger charge is -2.36. The lowest BCUT2D eigenvalue weighted by atomic mass is 9.97. The first kappa shape index (κ1) is 70.7. The van der Waals surface area contributed by atoms with Gasteiger partial charge in [-0.1, -0.05) is 38.5 Å². The number of hydrogen-bond donors (Lipinski definition) is 12. The number of benzene rings is 1. The summed E-state index contributed by atoms with van der Waals surface area (Å²) in [4.78, 5) is 190. The van der Waals surface area contributed by atoms with Crippen LogP contribution in [0.25, 0.3) is 0 Å². The number of cyclic esters (lactones) is 1. The van der Waals surface area contributed by atoms with Crippen molar-refractivity contribution in [3.63, 3.8) is 0 Å². The molecule has 0 spiro atoms. The number of carboxylic acids is 4. The Labute approximate surface area is 518 Å². The number of amides is 9. The molecule has 1 aromatic carbocycles. The molecule has 6 rings (SSSR count). The van der Waals surface area contributed by atoms with Crippen LogP contribution in [0.5, 0.6) is 0 Å². The molecule has 9 amide bonds. The quantitative estimate of drug-likeness (QED) is 0.0309. The number of carboxylic acid groups (broad SMARTS) is 4. The summed E-state index contributed by atoms with van der Waals surface area (Å²) < 4.78 is 4.76. The minimum Gasteiger partial charge on any atom is -0.481 e. The topological polar surface area (TPSA) is 453 Å². The number of aliphatic carboxylic acids is 4. The third kappa shape index (κ3) is 21.4. The molecular formula is C57H83N13O20. The van der Waals surface area contributed by atoms with E-state index in [0.717, 1.165) is 11.1 Å². The Morgan fingerprint density at radius 1 is 0.589 bits per heavy atom. The van der Waals surface area contributed by atoms with Gasteiger partial charge in [-0.2, -0.15) is 0 Å². The van der Waals surface area contributed by atoms with E-state index >= 15 is 0 Å². The van der Waals surface area contributed by atoms with Crippen molar-refractivity contribution in [3.05, 3.63) is 29.3 Å². The van der Waals surface area contributed by atoms with E-state index in [1.807, 2.05) is 11.0 Å². The minimum atomic E-state index is -1.56. The molecule has 5 aliphatic heterocycles. The van der Waals surface area contributed by atoms with Crippen LogP contribution in [0.1, 0.15) is 82.8 Å². The van der Waals surface area contributed by atoms with Gasteiger partial charge in [-0.15, -0.1) is 0 Å². The fourth-order valence-corrected chi connectivity index (χ4v) is 11.2. The van der Waals surface area contributed by atoms with Gasteiger partial charge >= 0.3 is 29.8 Å². The van der Waals surface area contributed by atoms with Crippen LogP contribution < -0.4 is 42.1 Å². The Morgan fingerprint density at radius 2 is 1.13 bits per heavy atom. The number of para-hydroxylation sites is 1. The van der Waals surface area contributed by atoms with Gasteiger partial charge in [0.25, 0.3) is 0 Å². The number of nitrogens with one attached hydrogen (secondary N) is 7. The predicted octanol–water partition coefficient (Wildman–Crippen LogP) is -5.40. The molecule has 0 aromatic heterocycles. The summed E-state index contributed by atoms with van der Waals surface area (Å²) in [5, 5.41) is 65.8. The Hall–Kier alpha value is -8.40. The SMILES string of the molecule is CC[C@H](C)[C@H](NC(=O)CCNC(=O)CCNC(=O)[C@@H](CCC(=O)O)NC(=O)[C@@H](CCC(=O)O)NC(=O)CN1CCN(C(=O)CN2CCN(CC(=O)O)CCN(CC(=O)O)CC2)CC1)C(=O)N[C@H]1CCc2cccc3c2N(C1=O)[C@H](C(=O)NC1CC(=O)OC1O)C3. The molecule has 0 bridgehead atoms. The molecular weight excluding hydrogens is 1190 g/mol. The number of rotatable bonds is 31. The number of carbonyl (C=O) groups is 14. The maximum absolute atomic E-state index is 14.3. The Bertz CT molecular complexity index is 2810. The fraction of sp³-hybridized carbons (Fsp3) is 0.649. The largest absolute Gasteiger partial charge is 0.481 e. The van der Waals surface area contributed by atoms with Crippen molar-refractivity contribution < 1.29 is 97.4 Å². The van der Waals surface area contributed by atoms with Crippen molar-refractivity contribution in [2.24, 2.45) is 5.92 Å². The Morgan fingerprint density at radius 3 is 1.70 bits per heavy atom. The first-order valence-corrected chi connectivity index (χ1v) is 30.2. The third-order valence-corrected chi connectivity index (χ3v) is 16.4. The molecule has 1 aromatic rings. The van der Waals surface area contributed by atoms with Gasteiger partial charge in [0.1, 0.15) is 36.3 Å². The highest BCUT2D eigenvalue weighted by molar-refractivity contribution is 6.08. The number of piperazine rings is 1. The number of aliphatic hydroxyl groups is 1. The van der Waals surface area contributed by atoms with Crippen LogP contribution in [0.2, 0.25) is 0 Å². The zero-order valence-corrected chi connectivity index (χ0v) is 50.5. The lowest BCUT2D eigenvalue weighted by molar-refractivity contribution is -0.155. The van der Waals surface area contributed by atoms with E-state index in [2.05, 4.69) is 37.2 Å². The van der Waals surface area contributed by atoms with Crippen LogP contribution in [-0.4, -0.2) is 280 Å². The first-order chi connectivity index (χ1) is 42.8. The van der Waals surface area contributed by atoms with Crippen molar-refractivity contribution in [3.8, 4) is 0 Å². The van der Waals surface area contributed by atoms with Crippen LogP contribution in [0.3, 0.4) is 0 Å². The number of hydrogen-bond acceptors (Lipinski definition) is 20. The maximum atomic E-state index is 14.3. The van der Waals surface area contributed by atoms with Gasteiger partial charge in [-0.3, -0.25) is 91.6 Å². The summed E-state index contributed by atoms with van der Waals surface area (Å²) in [7, 11) is 0. The van der Waals surface area contributed by atoms with Crippen LogP contribution in [0, 0.1) is 5.92 Å². The van der Waals surface area contributed by atoms with Gasteiger partial charge in [-0.05, 0) is 42.7 Å². The van der Waals surface area contributed by atoms with Crippen LogP contribution >= 0.6 is 0 Å². The van der Waals surface area contributed by atoms with Gasteiger partial charge in [0, 0.05) is 111 Å². The molecule has 496 valence electrons. The summed E-state index contributed by atoms with van der Waals surface area (Å²) >= 11 is 0. The average Bonchev–Trinajstić information content (AvgIpc) is 1.63. The van der Waals surface area contributed by atoms with Gasteiger partial charge in [-0.25, -0.2) is 0 Å². The summed E-state index contributed by atoms with van der Waals surface area (Å²) in [6, 6.07) is -1.93. The van der Waals surface area contributed by atoms with Gasteiger partial charge < -0.3 is 72.4 Å². The molecule has 0 saturated carbocycles. The summed E-state index contributed by atoms with van der Waals surface area (Å²) in [5.41, 5.74) is 2.04. The molecule has 33 nitrogen and oxygen atoms in total. The maximum Gasteiger partial charge on any atom is 0.317 e. The van der Waals surface area contributed by atoms with E-state index in [9.17, 15) is 92.7 Å². The molecule has 3 saturated heterocycles. The molecule has 0 radical (unpaired) electrons. The number of aliphatic hydroxyl groups excluding tert-OH is 1. The van der Waals surface area contributed by atoms with E-state index in [-0.39, 0.29) is 103 Å². The highest BCUT2D eigenvalue weighted by Crippen LogP contribution is 2.39. The molecule has 12 N–H and O–H groups in total. The molecule has 5 aliphatic rings. The highest BCUT2D eigenvalue weighted by atomic mass is 16.6. The van der Waals surface area contributed by atoms with E-state index in [0.29, 0.717) is 57.8 Å². The van der Waals surface area contributed by atoms with Gasteiger partial charge in [0.15, 0.2) is 0 Å². The molecule has 90 heavy (non-hydrogen) atoms. The standard InChI is InChI=1S/C57H83N13O20/c1-3-33(2)50(55(87)62-38-8-7-34-5-4-6-35-27-40(70(51(34)35)56(38)88)54(86)63-39-28-49(83)90-57(39)89)64-42(72)14-15-58-41(71)13-16-59-52(84)36(9-11-45(75)76)61-53(85)37(10-12-46(77)78)60-43(73)29-65-23-25-69(26-24-65)44(74)30-66-17-19-67(31-47(79)80)21-22-68(20-18-66)32-48(81)82/h4-6,33,36-40,50,57,89H,3,7-32H2,1-2H3,(H,58,71)(H,59,84)(H,60,73)(H,61,85)(H,62,87)(H,63,86)(H,64,72)(H,75,76)(H,77,78)(H,79,80)(H,81,82)/t33-,36+,37+,38-,39?,40-,50-,57?/m0/s1. The van der Waals surface area contributed by atoms with Crippen molar-refractivity contribution in [1.29, 1.82) is 0 Å². The number of aryl methyl sites for hydroxylation is 1. The van der Waals surface area contributed by atoms with Crippen molar-refractivity contribution in [2.45, 2.75) is 127 Å². The number of nitrogens with zero attached hydrogens (tertiary/aromatic N) is 6. The number of ether oxygens (including phenoxy) is 1. The molecule has 3 fully saturated rings. The molecule has 33 heteroatoms. The van der Waals surface area contributed by atoms with E-state index in [1.54, 1.807) is 45.6 Å². The number of anilines is 1. The van der Waals surface area contributed by atoms with Gasteiger partial charge in [0.05, 0.1) is 38.3 Å². The van der Waals surface area contributed by atoms with Crippen molar-refractivity contribution >= 4 is 88.7 Å². The first-order valence-electron chi connectivity index (χ1n) is 30.2.